The summed E-state index contributed by atoms with van der Waals surface area (Å²) < 4.78 is 29.0. The minimum Gasteiger partial charge on any atom is -0.490 e. The van der Waals surface area contributed by atoms with Crippen molar-refractivity contribution in [2.24, 2.45) is 7.05 Å². The van der Waals surface area contributed by atoms with Gasteiger partial charge < -0.3 is 14.8 Å². The summed E-state index contributed by atoms with van der Waals surface area (Å²) in [5, 5.41) is 4.37. The molecule has 3 aromatic carbocycles. The number of hydrogen-bond donors (Lipinski definition) is 0. The zero-order valence-electron chi connectivity index (χ0n) is 20.1. The largest absolute Gasteiger partial charge is 3.00 e. The predicted molar refractivity (Wildman–Crippen MR) is 137 cm³/mol. The Balaban J connectivity index is 0.000000195. The van der Waals surface area contributed by atoms with Gasteiger partial charge in [-0.05, 0) is 36.9 Å². The SMILES string of the molecule is Cc1cc(-c2[c-]cccc2)nn1C.Fc1c[c-]c(N2[CH-]N(c3ccccc3)c3ccccc32)c(F)n1.[Ir+3]. The van der Waals surface area contributed by atoms with Gasteiger partial charge in [0.15, 0.2) is 0 Å². The van der Waals surface area contributed by atoms with E-state index in [1.807, 2.05) is 102 Å². The molecule has 5 aromatic rings. The maximum absolute atomic E-state index is 14.1. The Hall–Kier alpha value is -3.87. The smallest absolute Gasteiger partial charge is 0.490 e. The molecule has 1 aliphatic heterocycles. The normalized spacial score (nSPS) is 11.9. The fraction of sp³-hybridized carbons (Fsp3) is 0.0690. The molecule has 6 rings (SSSR count). The topological polar surface area (TPSA) is 37.2 Å². The van der Waals surface area contributed by atoms with Crippen molar-refractivity contribution in [2.75, 3.05) is 9.80 Å². The second-order valence-electron chi connectivity index (χ2n) is 8.11. The van der Waals surface area contributed by atoms with E-state index in [-0.39, 0.29) is 25.8 Å². The Morgan fingerprint density at radius 2 is 1.51 bits per heavy atom. The van der Waals surface area contributed by atoms with Gasteiger partial charge >= 0.3 is 20.1 Å². The van der Waals surface area contributed by atoms with Gasteiger partial charge in [-0.2, -0.15) is 6.07 Å². The number of fused-ring (bicyclic) bond motifs is 1. The summed E-state index contributed by atoms with van der Waals surface area (Å²) in [6.45, 7) is 3.79. The fourth-order valence-corrected chi connectivity index (χ4v) is 3.86. The summed E-state index contributed by atoms with van der Waals surface area (Å²) in [7, 11) is 1.95. The first-order valence-electron chi connectivity index (χ1n) is 11.3. The summed E-state index contributed by atoms with van der Waals surface area (Å²) in [5.41, 5.74) is 5.89. The Labute approximate surface area is 228 Å². The van der Waals surface area contributed by atoms with Crippen LogP contribution in [0.15, 0.2) is 91.0 Å². The molecular weight excluding hydrogens is 649 g/mol. The van der Waals surface area contributed by atoms with Gasteiger partial charge in [-0.1, -0.05) is 36.4 Å². The van der Waals surface area contributed by atoms with Crippen LogP contribution < -0.4 is 9.80 Å². The molecule has 1 aliphatic rings. The van der Waals surface area contributed by atoms with E-state index in [9.17, 15) is 8.78 Å². The molecule has 0 saturated heterocycles. The van der Waals surface area contributed by atoms with Crippen LogP contribution >= 0.6 is 0 Å². The number of halogens is 2. The number of aromatic nitrogens is 3. The van der Waals surface area contributed by atoms with Crippen LogP contribution in [0.25, 0.3) is 11.3 Å². The van der Waals surface area contributed by atoms with Crippen LogP contribution in [0.4, 0.5) is 31.5 Å². The molecule has 5 nitrogen and oxygen atoms in total. The van der Waals surface area contributed by atoms with Crippen molar-refractivity contribution < 1.29 is 28.9 Å². The summed E-state index contributed by atoms with van der Waals surface area (Å²) >= 11 is 0. The van der Waals surface area contributed by atoms with E-state index in [1.165, 1.54) is 0 Å². The summed E-state index contributed by atoms with van der Waals surface area (Å²) in [6.07, 6.45) is 0. The fourth-order valence-electron chi connectivity index (χ4n) is 3.86. The molecule has 0 saturated carbocycles. The van der Waals surface area contributed by atoms with Crippen LogP contribution in [0, 0.1) is 37.6 Å². The Morgan fingerprint density at radius 1 is 0.838 bits per heavy atom. The molecule has 0 aliphatic carbocycles. The van der Waals surface area contributed by atoms with Crippen molar-refractivity contribution in [3.8, 4) is 11.3 Å². The number of pyridine rings is 1. The quantitative estimate of drug-likeness (QED) is 0.157. The van der Waals surface area contributed by atoms with Crippen LogP contribution in [-0.4, -0.2) is 14.8 Å². The van der Waals surface area contributed by atoms with Crippen LogP contribution in [0.2, 0.25) is 0 Å². The van der Waals surface area contributed by atoms with Gasteiger partial charge in [0.2, 0.25) is 0 Å². The summed E-state index contributed by atoms with van der Waals surface area (Å²) in [6, 6.07) is 34.0. The van der Waals surface area contributed by atoms with E-state index in [4.69, 9.17) is 0 Å². The van der Waals surface area contributed by atoms with Gasteiger partial charge in [0, 0.05) is 35.5 Å². The molecule has 186 valence electrons. The van der Waals surface area contributed by atoms with Gasteiger partial charge in [-0.15, -0.1) is 48.6 Å². The number of aryl methyl sites for hydroxylation is 2. The first kappa shape index (κ1) is 26.2. The Morgan fingerprint density at radius 3 is 2.14 bits per heavy atom. The predicted octanol–water partition coefficient (Wildman–Crippen LogP) is 6.76. The van der Waals surface area contributed by atoms with Crippen LogP contribution in [0.5, 0.6) is 0 Å². The van der Waals surface area contributed by atoms with E-state index < -0.39 is 11.9 Å². The van der Waals surface area contributed by atoms with E-state index in [0.717, 1.165) is 40.1 Å². The minimum absolute atomic E-state index is 0. The maximum atomic E-state index is 14.1. The molecule has 2 aromatic heterocycles. The number of para-hydroxylation sites is 3. The molecule has 0 amide bonds. The third-order valence-electron chi connectivity index (χ3n) is 5.73. The molecule has 37 heavy (non-hydrogen) atoms. The van der Waals surface area contributed by atoms with Crippen molar-refractivity contribution in [3.05, 3.63) is 127 Å². The molecule has 0 atom stereocenters. The molecule has 8 heteroatoms. The minimum atomic E-state index is -0.897. The van der Waals surface area contributed by atoms with Crippen molar-refractivity contribution >= 4 is 22.7 Å². The number of benzene rings is 3. The number of anilines is 4. The van der Waals surface area contributed by atoms with E-state index in [0.29, 0.717) is 0 Å². The summed E-state index contributed by atoms with van der Waals surface area (Å²) in [5.74, 6) is -1.79. The zero-order valence-corrected chi connectivity index (χ0v) is 22.5. The maximum Gasteiger partial charge on any atom is 3.00 e. The van der Waals surface area contributed by atoms with Crippen LogP contribution in [0.3, 0.4) is 0 Å². The molecule has 0 fully saturated rings. The van der Waals surface area contributed by atoms with E-state index in [1.54, 1.807) is 11.6 Å². The van der Waals surface area contributed by atoms with Gasteiger partial charge in [-0.3, -0.25) is 13.5 Å². The second-order valence-corrected chi connectivity index (χ2v) is 8.11. The van der Waals surface area contributed by atoms with E-state index >= 15 is 0 Å². The van der Waals surface area contributed by atoms with Crippen molar-refractivity contribution in [1.82, 2.24) is 14.8 Å². The third-order valence-corrected chi connectivity index (χ3v) is 5.73. The molecule has 0 spiro atoms. The third kappa shape index (κ3) is 5.61. The molecular formula is C29H22F2IrN5. The van der Waals surface area contributed by atoms with Crippen molar-refractivity contribution in [3.63, 3.8) is 0 Å². The standard InChI is InChI=1S/C18H11F2N3.C11H11N2.Ir/c19-17-11-10-16(18(20)21-17)23-12-22(13-6-2-1-3-7-13)14-8-4-5-9-15(14)23;1-9-8-11(12-13(9)2)10-6-4-3-5-7-10;/h1-9,11-12H;3-6,8H,1-2H3;/q-2;-1;+3. The first-order valence-corrected chi connectivity index (χ1v) is 11.3. The zero-order chi connectivity index (χ0) is 25.1. The average molecular weight is 671 g/mol. The van der Waals surface area contributed by atoms with Crippen molar-refractivity contribution in [2.45, 2.75) is 6.92 Å². The molecule has 0 N–H and O–H groups in total. The van der Waals surface area contributed by atoms with Gasteiger partial charge in [-0.25, -0.2) is 5.10 Å². The molecule has 0 bridgehead atoms. The van der Waals surface area contributed by atoms with Crippen molar-refractivity contribution in [1.29, 1.82) is 0 Å². The van der Waals surface area contributed by atoms with Gasteiger partial charge in [0.25, 0.3) is 0 Å². The number of rotatable bonds is 3. The average Bonchev–Trinajstić information content (AvgIpc) is 3.45. The molecule has 3 heterocycles. The van der Waals surface area contributed by atoms with E-state index in [2.05, 4.69) is 28.3 Å². The molecule has 0 unspecified atom stereocenters. The number of hydrogen-bond acceptors (Lipinski definition) is 4. The van der Waals surface area contributed by atoms with Gasteiger partial charge in [0.05, 0.1) is 5.95 Å². The summed E-state index contributed by atoms with van der Waals surface area (Å²) in [4.78, 5) is 6.80. The first-order chi connectivity index (χ1) is 17.5. The van der Waals surface area contributed by atoms with Crippen LogP contribution in [-0.2, 0) is 27.2 Å². The monoisotopic (exact) mass is 671 g/mol. The Kier molecular flexibility index (Phi) is 8.11. The number of nitrogens with zero attached hydrogens (tertiary/aromatic N) is 5. The van der Waals surface area contributed by atoms with Crippen LogP contribution in [0.1, 0.15) is 5.69 Å². The van der Waals surface area contributed by atoms with Gasteiger partial charge in [0.1, 0.15) is 5.95 Å². The molecule has 0 radical (unpaired) electrons. The Bertz CT molecular complexity index is 1460. The second kappa shape index (κ2) is 11.5.